The largest absolute Gasteiger partial charge is 0.351 e. The molecule has 6 heteroatoms. The number of anilines is 2. The fraction of sp³-hybridized carbons (Fsp3) is 0.318. The van der Waals surface area contributed by atoms with E-state index in [0.717, 1.165) is 19.3 Å². The third-order valence-corrected chi connectivity index (χ3v) is 5.12. The highest BCUT2D eigenvalue weighted by Gasteiger charge is 2.38. The molecule has 3 N–H and O–H groups in total. The summed E-state index contributed by atoms with van der Waals surface area (Å²) in [6.07, 6.45) is 3.23. The van der Waals surface area contributed by atoms with Crippen LogP contribution in [0.2, 0.25) is 0 Å². The maximum atomic E-state index is 12.8. The molecule has 0 aromatic heterocycles. The smallest absolute Gasteiger partial charge is 0.251 e. The van der Waals surface area contributed by atoms with Gasteiger partial charge in [-0.3, -0.25) is 14.4 Å². The third-order valence-electron chi connectivity index (χ3n) is 5.12. The summed E-state index contributed by atoms with van der Waals surface area (Å²) >= 11 is 0. The van der Waals surface area contributed by atoms with Gasteiger partial charge < -0.3 is 16.0 Å². The fourth-order valence-electron chi connectivity index (χ4n) is 3.62. The highest BCUT2D eigenvalue weighted by Crippen LogP contribution is 2.43. The summed E-state index contributed by atoms with van der Waals surface area (Å²) in [5.74, 6) is -0.728. The van der Waals surface area contributed by atoms with Gasteiger partial charge in [-0.2, -0.15) is 0 Å². The molecule has 3 rings (SSSR count). The van der Waals surface area contributed by atoms with Gasteiger partial charge in [-0.15, -0.1) is 0 Å². The molecule has 1 fully saturated rings. The van der Waals surface area contributed by atoms with E-state index >= 15 is 0 Å². The number of carbonyl (C=O) groups excluding carboxylic acids is 3. The zero-order valence-corrected chi connectivity index (χ0v) is 16.2. The molecule has 0 bridgehead atoms. The Labute approximate surface area is 164 Å². The number of carbonyl (C=O) groups is 3. The van der Waals surface area contributed by atoms with Crippen molar-refractivity contribution in [2.75, 3.05) is 17.2 Å². The number of hydrogen-bond donors (Lipinski definition) is 3. The first-order chi connectivity index (χ1) is 13.4. The first-order valence-corrected chi connectivity index (χ1v) is 9.42. The molecular weight excluding hydrogens is 354 g/mol. The molecule has 2 aromatic carbocycles. The number of amides is 3. The van der Waals surface area contributed by atoms with E-state index in [0.29, 0.717) is 23.5 Å². The Kier molecular flexibility index (Phi) is 5.78. The second-order valence-electron chi connectivity index (χ2n) is 7.34. The molecule has 28 heavy (non-hydrogen) atoms. The molecule has 0 spiro atoms. The van der Waals surface area contributed by atoms with Crippen LogP contribution in [0.1, 0.15) is 49.0 Å². The topological polar surface area (TPSA) is 87.3 Å². The van der Waals surface area contributed by atoms with Crippen LogP contribution in [0.25, 0.3) is 0 Å². The lowest BCUT2D eigenvalue weighted by Gasteiger charge is -2.42. The average Bonchev–Trinajstić information content (AvgIpc) is 2.60. The average molecular weight is 379 g/mol. The standard InChI is InChI=1S/C22H25N3O3/c1-15(26)24-19-11-17(12-20(13-19)25-16(2)27)21(28)23-14-22(9-6-10-22)18-7-4-3-5-8-18/h3-5,7-8,11-13H,6,9-10,14H2,1-2H3,(H,23,28)(H,24,26)(H,25,27). The van der Waals surface area contributed by atoms with Gasteiger partial charge in [-0.25, -0.2) is 0 Å². The SMILES string of the molecule is CC(=O)Nc1cc(NC(C)=O)cc(C(=O)NCC2(c3ccccc3)CCC2)c1. The van der Waals surface area contributed by atoms with E-state index in [1.807, 2.05) is 18.2 Å². The number of nitrogens with one attached hydrogen (secondary N) is 3. The van der Waals surface area contributed by atoms with Crippen LogP contribution in [0.15, 0.2) is 48.5 Å². The maximum absolute atomic E-state index is 12.8. The normalized spacial score (nSPS) is 14.5. The van der Waals surface area contributed by atoms with Crippen LogP contribution in [0.4, 0.5) is 11.4 Å². The number of hydrogen-bond acceptors (Lipinski definition) is 3. The van der Waals surface area contributed by atoms with Crippen LogP contribution in [0, 0.1) is 0 Å². The quantitative estimate of drug-likeness (QED) is 0.718. The predicted octanol–water partition coefficient (Wildman–Crippen LogP) is 3.46. The fourth-order valence-corrected chi connectivity index (χ4v) is 3.62. The molecule has 0 radical (unpaired) electrons. The van der Waals surface area contributed by atoms with E-state index in [9.17, 15) is 14.4 Å². The second-order valence-corrected chi connectivity index (χ2v) is 7.34. The van der Waals surface area contributed by atoms with E-state index in [-0.39, 0.29) is 23.1 Å². The van der Waals surface area contributed by atoms with Crippen molar-refractivity contribution in [2.45, 2.75) is 38.5 Å². The minimum Gasteiger partial charge on any atom is -0.351 e. The van der Waals surface area contributed by atoms with E-state index in [4.69, 9.17) is 0 Å². The van der Waals surface area contributed by atoms with Gasteiger partial charge in [0.15, 0.2) is 0 Å². The Morgan fingerprint density at radius 1 is 0.893 bits per heavy atom. The summed E-state index contributed by atoms with van der Waals surface area (Å²) in [6.45, 7) is 3.34. The van der Waals surface area contributed by atoms with Gasteiger partial charge in [0.2, 0.25) is 11.8 Å². The molecule has 0 atom stereocenters. The molecule has 146 valence electrons. The van der Waals surface area contributed by atoms with Crippen molar-refractivity contribution in [3.8, 4) is 0 Å². The first kappa shape index (κ1) is 19.6. The second kappa shape index (κ2) is 8.25. The minimum atomic E-state index is -0.246. The maximum Gasteiger partial charge on any atom is 0.251 e. The highest BCUT2D eigenvalue weighted by molar-refractivity contribution is 6.00. The molecule has 2 aromatic rings. The Morgan fingerprint density at radius 3 is 1.93 bits per heavy atom. The summed E-state index contributed by atoms with van der Waals surface area (Å²) < 4.78 is 0. The van der Waals surface area contributed by atoms with Crippen molar-refractivity contribution in [3.05, 3.63) is 59.7 Å². The van der Waals surface area contributed by atoms with Gasteiger partial charge in [0.1, 0.15) is 0 Å². The Morgan fingerprint density at radius 2 is 1.46 bits per heavy atom. The summed E-state index contributed by atoms with van der Waals surface area (Å²) in [5, 5.41) is 8.36. The molecule has 0 unspecified atom stereocenters. The predicted molar refractivity (Wildman–Crippen MR) is 109 cm³/mol. The molecule has 0 aliphatic heterocycles. The molecule has 1 aliphatic carbocycles. The van der Waals surface area contributed by atoms with Crippen molar-refractivity contribution < 1.29 is 14.4 Å². The van der Waals surface area contributed by atoms with Gasteiger partial charge >= 0.3 is 0 Å². The summed E-state index contributed by atoms with van der Waals surface area (Å²) in [4.78, 5) is 35.6. The summed E-state index contributed by atoms with van der Waals surface area (Å²) in [5.41, 5.74) is 2.53. The van der Waals surface area contributed by atoms with Crippen molar-refractivity contribution >= 4 is 29.1 Å². The van der Waals surface area contributed by atoms with Crippen LogP contribution >= 0.6 is 0 Å². The van der Waals surface area contributed by atoms with Crippen LogP contribution in [-0.2, 0) is 15.0 Å². The van der Waals surface area contributed by atoms with Gasteiger partial charge in [0, 0.05) is 42.7 Å². The zero-order chi connectivity index (χ0) is 20.1. The lowest BCUT2D eigenvalue weighted by Crippen LogP contribution is -2.45. The number of rotatable bonds is 6. The molecular formula is C22H25N3O3. The molecule has 3 amide bonds. The van der Waals surface area contributed by atoms with Crippen molar-refractivity contribution in [3.63, 3.8) is 0 Å². The van der Waals surface area contributed by atoms with Gasteiger partial charge in [-0.05, 0) is 36.6 Å². The van der Waals surface area contributed by atoms with Crippen LogP contribution in [0.3, 0.4) is 0 Å². The van der Waals surface area contributed by atoms with Crippen molar-refractivity contribution in [1.82, 2.24) is 5.32 Å². The molecule has 1 saturated carbocycles. The van der Waals surface area contributed by atoms with E-state index in [1.54, 1.807) is 18.2 Å². The Bertz CT molecular complexity index is 855. The highest BCUT2D eigenvalue weighted by atomic mass is 16.2. The van der Waals surface area contributed by atoms with E-state index in [2.05, 4.69) is 28.1 Å². The molecule has 6 nitrogen and oxygen atoms in total. The Balaban J connectivity index is 1.77. The zero-order valence-electron chi connectivity index (χ0n) is 16.2. The molecule has 1 aliphatic rings. The van der Waals surface area contributed by atoms with Gasteiger partial charge in [0.25, 0.3) is 5.91 Å². The first-order valence-electron chi connectivity index (χ1n) is 9.42. The third kappa shape index (κ3) is 4.57. The summed E-state index contributed by atoms with van der Waals surface area (Å²) in [6, 6.07) is 15.1. The van der Waals surface area contributed by atoms with Crippen molar-refractivity contribution in [2.24, 2.45) is 0 Å². The van der Waals surface area contributed by atoms with E-state index in [1.165, 1.54) is 19.4 Å². The van der Waals surface area contributed by atoms with Gasteiger partial charge in [-0.1, -0.05) is 36.8 Å². The van der Waals surface area contributed by atoms with Crippen LogP contribution in [-0.4, -0.2) is 24.3 Å². The molecule has 0 saturated heterocycles. The monoisotopic (exact) mass is 379 g/mol. The van der Waals surface area contributed by atoms with E-state index < -0.39 is 0 Å². The van der Waals surface area contributed by atoms with Crippen LogP contribution < -0.4 is 16.0 Å². The van der Waals surface area contributed by atoms with Crippen molar-refractivity contribution in [1.29, 1.82) is 0 Å². The lowest BCUT2D eigenvalue weighted by atomic mass is 9.64. The van der Waals surface area contributed by atoms with Gasteiger partial charge in [0.05, 0.1) is 0 Å². The minimum absolute atomic E-state index is 0.0212. The lowest BCUT2D eigenvalue weighted by molar-refractivity contribution is -0.115. The molecule has 0 heterocycles. The summed E-state index contributed by atoms with van der Waals surface area (Å²) in [7, 11) is 0. The Hall–Kier alpha value is -3.15. The van der Waals surface area contributed by atoms with Crippen LogP contribution in [0.5, 0.6) is 0 Å². The number of benzene rings is 2.